The molecule has 0 aliphatic heterocycles. The summed E-state index contributed by atoms with van der Waals surface area (Å²) in [6, 6.07) is 11.9. The number of nitrogens with one attached hydrogen (secondary N) is 3. The van der Waals surface area contributed by atoms with Crippen LogP contribution in [-0.2, 0) is 6.42 Å². The Kier molecular flexibility index (Phi) is 12.8. The van der Waals surface area contributed by atoms with Gasteiger partial charge in [0.25, 0.3) is 5.91 Å². The van der Waals surface area contributed by atoms with Gasteiger partial charge in [-0.1, -0.05) is 23.7 Å². The summed E-state index contributed by atoms with van der Waals surface area (Å²) in [6.45, 7) is 4.51. The summed E-state index contributed by atoms with van der Waals surface area (Å²) in [5.41, 5.74) is 1.47. The normalized spacial score (nSPS) is 10.7. The number of methoxy groups -OCH3 is 1. The molecule has 1 amide bonds. The molecule has 0 aliphatic rings. The summed E-state index contributed by atoms with van der Waals surface area (Å²) in [4.78, 5) is 16.6. The van der Waals surface area contributed by atoms with Gasteiger partial charge in [-0.05, 0) is 55.7 Å². The zero-order valence-corrected chi connectivity index (χ0v) is 20.9. The van der Waals surface area contributed by atoms with E-state index in [0.717, 1.165) is 30.2 Å². The van der Waals surface area contributed by atoms with Crippen molar-refractivity contribution >= 4 is 47.4 Å². The van der Waals surface area contributed by atoms with Gasteiger partial charge in [0.15, 0.2) is 5.96 Å². The number of halogens is 2. The average molecular weight is 561 g/mol. The number of benzene rings is 2. The predicted octanol–water partition coefficient (Wildman–Crippen LogP) is 3.59. The molecule has 0 aliphatic carbocycles. The van der Waals surface area contributed by atoms with Crippen molar-refractivity contribution in [3.05, 3.63) is 58.6 Å². The number of aromatic hydroxyl groups is 1. The monoisotopic (exact) mass is 560 g/mol. The van der Waals surface area contributed by atoms with Gasteiger partial charge < -0.3 is 25.8 Å². The molecule has 170 valence electrons. The molecule has 0 bridgehead atoms. The van der Waals surface area contributed by atoms with Gasteiger partial charge in [0.05, 0.1) is 7.11 Å². The van der Waals surface area contributed by atoms with E-state index in [2.05, 4.69) is 20.9 Å². The minimum absolute atomic E-state index is 0. The van der Waals surface area contributed by atoms with Crippen molar-refractivity contribution in [1.82, 2.24) is 16.0 Å². The SMILES string of the molecule is CCNC(=NCCCNC(=O)c1cccc(O)c1)NCCc1ccc(OC)cc1Cl.I. The molecule has 0 aromatic heterocycles. The van der Waals surface area contributed by atoms with Crippen LogP contribution in [0, 0.1) is 0 Å². The Morgan fingerprint density at radius 2 is 1.94 bits per heavy atom. The molecule has 0 saturated carbocycles. The van der Waals surface area contributed by atoms with Crippen LogP contribution < -0.4 is 20.7 Å². The molecule has 0 fully saturated rings. The molecule has 4 N–H and O–H groups in total. The summed E-state index contributed by atoms with van der Waals surface area (Å²) in [6.07, 6.45) is 1.46. The summed E-state index contributed by atoms with van der Waals surface area (Å²) in [5, 5.41) is 19.4. The standard InChI is InChI=1S/C22H29ClN4O3.HI/c1-3-24-22(27-13-10-16-8-9-19(30-2)15-20(16)23)26-12-5-11-25-21(29)17-6-4-7-18(28)14-17;/h4,6-9,14-15,28H,3,5,10-13H2,1-2H3,(H,25,29)(H2,24,26,27);1H. The van der Waals surface area contributed by atoms with Crippen molar-refractivity contribution < 1.29 is 14.6 Å². The van der Waals surface area contributed by atoms with Crippen LogP contribution >= 0.6 is 35.6 Å². The first-order valence-corrected chi connectivity index (χ1v) is 10.3. The van der Waals surface area contributed by atoms with Gasteiger partial charge in [-0.25, -0.2) is 0 Å². The molecule has 31 heavy (non-hydrogen) atoms. The Labute approximate surface area is 205 Å². The molecule has 2 aromatic rings. The van der Waals surface area contributed by atoms with Gasteiger partial charge in [-0.15, -0.1) is 24.0 Å². The zero-order chi connectivity index (χ0) is 21.8. The van der Waals surface area contributed by atoms with Crippen LogP contribution in [0.1, 0.15) is 29.3 Å². The minimum atomic E-state index is -0.212. The van der Waals surface area contributed by atoms with Gasteiger partial charge in [-0.2, -0.15) is 0 Å². The van der Waals surface area contributed by atoms with Crippen LogP contribution in [0.3, 0.4) is 0 Å². The molecule has 9 heteroatoms. The zero-order valence-electron chi connectivity index (χ0n) is 17.8. The van der Waals surface area contributed by atoms with Crippen LogP contribution in [-0.4, -0.2) is 50.3 Å². The number of hydrogen-bond acceptors (Lipinski definition) is 4. The second-order valence-corrected chi connectivity index (χ2v) is 6.96. The van der Waals surface area contributed by atoms with Crippen LogP contribution in [0.5, 0.6) is 11.5 Å². The Bertz CT molecular complexity index is 864. The highest BCUT2D eigenvalue weighted by atomic mass is 127. The molecular weight excluding hydrogens is 531 g/mol. The van der Waals surface area contributed by atoms with Crippen molar-refractivity contribution in [2.45, 2.75) is 19.8 Å². The van der Waals surface area contributed by atoms with Crippen LogP contribution in [0.2, 0.25) is 5.02 Å². The fraction of sp³-hybridized carbons (Fsp3) is 0.364. The fourth-order valence-corrected chi connectivity index (χ4v) is 3.00. The molecule has 0 atom stereocenters. The highest BCUT2D eigenvalue weighted by Crippen LogP contribution is 2.22. The molecule has 0 radical (unpaired) electrons. The second-order valence-electron chi connectivity index (χ2n) is 6.55. The van der Waals surface area contributed by atoms with E-state index in [1.165, 1.54) is 12.1 Å². The number of rotatable bonds is 10. The Hall–Kier alpha value is -2.20. The first-order chi connectivity index (χ1) is 14.5. The maximum absolute atomic E-state index is 12.0. The van der Waals surface area contributed by atoms with Crippen molar-refractivity contribution in [2.24, 2.45) is 4.99 Å². The lowest BCUT2D eigenvalue weighted by atomic mass is 10.1. The molecule has 0 unspecified atom stereocenters. The number of carbonyl (C=O) groups is 1. The second kappa shape index (κ2) is 14.7. The van der Waals surface area contributed by atoms with Crippen molar-refractivity contribution in [1.29, 1.82) is 0 Å². The van der Waals surface area contributed by atoms with E-state index >= 15 is 0 Å². The largest absolute Gasteiger partial charge is 0.508 e. The molecular formula is C22H30ClIN4O3. The molecule has 2 rings (SSSR count). The Balaban J connectivity index is 0.00000480. The molecule has 0 saturated heterocycles. The lowest BCUT2D eigenvalue weighted by molar-refractivity contribution is 0.0953. The van der Waals surface area contributed by atoms with Crippen LogP contribution in [0.4, 0.5) is 0 Å². The van der Waals surface area contributed by atoms with Gasteiger partial charge in [0, 0.05) is 36.8 Å². The first kappa shape index (κ1) is 26.8. The van der Waals surface area contributed by atoms with E-state index in [1.807, 2.05) is 19.1 Å². The number of carbonyl (C=O) groups excluding carboxylic acids is 1. The number of phenolic OH excluding ortho intramolecular Hbond substituents is 1. The minimum Gasteiger partial charge on any atom is -0.508 e. The third-order valence-corrected chi connectivity index (χ3v) is 4.64. The highest BCUT2D eigenvalue weighted by Gasteiger charge is 2.06. The van der Waals surface area contributed by atoms with Crippen molar-refractivity contribution in [2.75, 3.05) is 33.3 Å². The predicted molar refractivity (Wildman–Crippen MR) is 136 cm³/mol. The van der Waals surface area contributed by atoms with Crippen LogP contribution in [0.25, 0.3) is 0 Å². The van der Waals surface area contributed by atoms with Crippen molar-refractivity contribution in [3.63, 3.8) is 0 Å². The topological polar surface area (TPSA) is 95.0 Å². The Morgan fingerprint density at radius 3 is 2.61 bits per heavy atom. The van der Waals surface area contributed by atoms with E-state index in [0.29, 0.717) is 36.6 Å². The lowest BCUT2D eigenvalue weighted by Crippen LogP contribution is -2.38. The molecule has 0 heterocycles. The van der Waals surface area contributed by atoms with E-state index in [1.54, 1.807) is 25.3 Å². The molecule has 7 nitrogen and oxygen atoms in total. The summed E-state index contributed by atoms with van der Waals surface area (Å²) >= 11 is 6.28. The van der Waals surface area contributed by atoms with E-state index in [-0.39, 0.29) is 35.6 Å². The number of nitrogens with zero attached hydrogens (tertiary/aromatic N) is 1. The number of hydrogen-bond donors (Lipinski definition) is 4. The van der Waals surface area contributed by atoms with Gasteiger partial charge in [-0.3, -0.25) is 9.79 Å². The number of phenols is 1. The molecule has 2 aromatic carbocycles. The van der Waals surface area contributed by atoms with E-state index in [9.17, 15) is 9.90 Å². The summed E-state index contributed by atoms with van der Waals surface area (Å²) in [7, 11) is 1.62. The smallest absolute Gasteiger partial charge is 0.251 e. The third kappa shape index (κ3) is 9.65. The average Bonchev–Trinajstić information content (AvgIpc) is 2.74. The van der Waals surface area contributed by atoms with Crippen molar-refractivity contribution in [3.8, 4) is 11.5 Å². The van der Waals surface area contributed by atoms with Gasteiger partial charge in [0.1, 0.15) is 11.5 Å². The number of amides is 1. The number of guanidine groups is 1. The third-order valence-electron chi connectivity index (χ3n) is 4.29. The maximum atomic E-state index is 12.0. The number of aliphatic imine (C=N–C) groups is 1. The maximum Gasteiger partial charge on any atom is 0.251 e. The summed E-state index contributed by atoms with van der Waals surface area (Å²) < 4.78 is 5.17. The quantitative estimate of drug-likeness (QED) is 0.154. The lowest BCUT2D eigenvalue weighted by Gasteiger charge is -2.12. The Morgan fingerprint density at radius 1 is 1.13 bits per heavy atom. The summed E-state index contributed by atoms with van der Waals surface area (Å²) in [5.74, 6) is 1.32. The fourth-order valence-electron chi connectivity index (χ4n) is 2.74. The van der Waals surface area contributed by atoms with Gasteiger partial charge in [0.2, 0.25) is 0 Å². The van der Waals surface area contributed by atoms with Gasteiger partial charge >= 0.3 is 0 Å². The van der Waals surface area contributed by atoms with E-state index in [4.69, 9.17) is 16.3 Å². The van der Waals surface area contributed by atoms with Crippen LogP contribution in [0.15, 0.2) is 47.5 Å². The first-order valence-electron chi connectivity index (χ1n) is 9.95. The highest BCUT2D eigenvalue weighted by molar-refractivity contribution is 14.0. The van der Waals surface area contributed by atoms with E-state index < -0.39 is 0 Å². The number of ether oxygens (including phenoxy) is 1. The molecule has 0 spiro atoms.